The quantitative estimate of drug-likeness (QED) is 0.113. The van der Waals surface area contributed by atoms with Gasteiger partial charge in [-0.15, -0.1) is 0 Å². The Kier molecular flexibility index (Phi) is 7.73. The lowest BCUT2D eigenvalue weighted by molar-refractivity contribution is -0.387. The van der Waals surface area contributed by atoms with Gasteiger partial charge in [0.1, 0.15) is 18.8 Å². The van der Waals surface area contributed by atoms with Crippen molar-refractivity contribution in [1.29, 1.82) is 0 Å². The van der Waals surface area contributed by atoms with Crippen molar-refractivity contribution in [2.24, 2.45) is 16.6 Å². The van der Waals surface area contributed by atoms with Gasteiger partial charge in [-0.25, -0.2) is 8.42 Å². The molecule has 2 rings (SSSR count). The average Bonchev–Trinajstić information content (AvgIpc) is 2.72. The number of rotatable bonds is 10. The van der Waals surface area contributed by atoms with Gasteiger partial charge in [-0.2, -0.15) is 0 Å². The normalized spacial score (nSPS) is 10.8. The summed E-state index contributed by atoms with van der Waals surface area (Å²) in [4.78, 5) is 39.3. The van der Waals surface area contributed by atoms with E-state index in [2.05, 4.69) is 15.2 Å². The van der Waals surface area contributed by atoms with Gasteiger partial charge < -0.3 is 26.2 Å². The number of nitro groups is 1. The minimum atomic E-state index is -4.45. The molecule has 172 valence electrons. The molecule has 1 heterocycles. The highest BCUT2D eigenvalue weighted by atomic mass is 32.2. The molecule has 6 N–H and O–H groups in total. The predicted molar refractivity (Wildman–Crippen MR) is 114 cm³/mol. The third-order valence-corrected chi connectivity index (χ3v) is 5.39. The average molecular weight is 467 g/mol. The van der Waals surface area contributed by atoms with E-state index in [0.29, 0.717) is 5.69 Å². The summed E-state index contributed by atoms with van der Waals surface area (Å²) in [6.07, 6.45) is 0. The zero-order chi connectivity index (χ0) is 23.9. The topological polar surface area (TPSA) is 214 Å². The Bertz CT molecular complexity index is 1200. The van der Waals surface area contributed by atoms with Crippen molar-refractivity contribution in [1.82, 2.24) is 9.88 Å². The Morgan fingerprint density at radius 3 is 2.59 bits per heavy atom. The molecule has 0 saturated carbocycles. The van der Waals surface area contributed by atoms with Crippen LogP contribution in [0.5, 0.6) is 0 Å². The molecule has 32 heavy (non-hydrogen) atoms. The summed E-state index contributed by atoms with van der Waals surface area (Å²) in [6.45, 7) is 1.17. The third kappa shape index (κ3) is 6.18. The Labute approximate surface area is 182 Å². The van der Waals surface area contributed by atoms with Crippen molar-refractivity contribution in [3.63, 3.8) is 0 Å². The number of para-hydroxylation sites is 1. The molecule has 15 heteroatoms. The van der Waals surface area contributed by atoms with Crippen LogP contribution in [0, 0.1) is 17.0 Å². The fraction of sp³-hybridized carbons (Fsp3) is 0.235. The molecular weight excluding hydrogens is 446 g/mol. The van der Waals surface area contributed by atoms with E-state index < -0.39 is 43.5 Å². The number of nitrogens with one attached hydrogen (secondary N) is 2. The number of carbonyl (C=O) groups is 1. The van der Waals surface area contributed by atoms with Crippen LogP contribution in [-0.4, -0.2) is 42.9 Å². The summed E-state index contributed by atoms with van der Waals surface area (Å²) >= 11 is 0. The highest BCUT2D eigenvalue weighted by Crippen LogP contribution is 2.24. The second-order valence-electron chi connectivity index (χ2n) is 6.31. The summed E-state index contributed by atoms with van der Waals surface area (Å²) in [5.74, 6) is -0.833. The van der Waals surface area contributed by atoms with E-state index >= 15 is 0 Å². The molecule has 0 aliphatic heterocycles. The molecule has 1 amide bonds. The van der Waals surface area contributed by atoms with Gasteiger partial charge in [0.05, 0.1) is 11.5 Å². The number of benzene rings is 1. The van der Waals surface area contributed by atoms with E-state index in [4.69, 9.17) is 16.3 Å². The maximum Gasteiger partial charge on any atom is 0.289 e. The van der Waals surface area contributed by atoms with Crippen LogP contribution in [-0.2, 0) is 26.2 Å². The van der Waals surface area contributed by atoms with E-state index in [1.807, 2.05) is 0 Å². The van der Waals surface area contributed by atoms with Gasteiger partial charge in [-0.05, 0) is 30.3 Å². The molecule has 0 spiro atoms. The van der Waals surface area contributed by atoms with Gasteiger partial charge in [-0.3, -0.25) is 24.4 Å². The fourth-order valence-corrected chi connectivity index (χ4v) is 3.77. The van der Waals surface area contributed by atoms with Crippen molar-refractivity contribution in [2.45, 2.75) is 18.4 Å². The molecule has 14 nitrogen and oxygen atoms in total. The number of nitrogens with two attached hydrogens (primary N) is 2. The van der Waals surface area contributed by atoms with Crippen molar-refractivity contribution >= 4 is 33.3 Å². The first-order valence-corrected chi connectivity index (χ1v) is 10.5. The third-order valence-electron chi connectivity index (χ3n) is 3.98. The summed E-state index contributed by atoms with van der Waals surface area (Å²) in [5, 5.41) is 16.9. The Balaban J connectivity index is 2.20. The predicted octanol–water partition coefficient (Wildman–Crippen LogP) is -0.813. The number of aromatic nitrogens is 1. The smallest absolute Gasteiger partial charge is 0.289 e. The number of aryl methyl sites for hydroxylation is 1. The van der Waals surface area contributed by atoms with Crippen LogP contribution in [0.15, 0.2) is 51.2 Å². The van der Waals surface area contributed by atoms with Gasteiger partial charge in [0, 0.05) is 11.8 Å². The van der Waals surface area contributed by atoms with Crippen molar-refractivity contribution in [3.05, 3.63) is 62.6 Å². The molecule has 0 aliphatic carbocycles. The van der Waals surface area contributed by atoms with Crippen molar-refractivity contribution in [2.75, 3.05) is 17.9 Å². The molecular formula is C17H21N7O7S. The van der Waals surface area contributed by atoms with Crippen LogP contribution >= 0.6 is 0 Å². The van der Waals surface area contributed by atoms with Crippen LogP contribution in [0.25, 0.3) is 0 Å². The van der Waals surface area contributed by atoms with Gasteiger partial charge >= 0.3 is 0 Å². The Morgan fingerprint density at radius 1 is 1.25 bits per heavy atom. The first kappa shape index (κ1) is 24.1. The van der Waals surface area contributed by atoms with Crippen LogP contribution in [0.2, 0.25) is 0 Å². The van der Waals surface area contributed by atoms with Crippen LogP contribution in [0.3, 0.4) is 0 Å². The van der Waals surface area contributed by atoms with E-state index in [1.165, 1.54) is 24.3 Å². The highest BCUT2D eigenvalue weighted by molar-refractivity contribution is 7.92. The molecule has 0 fully saturated rings. The first-order chi connectivity index (χ1) is 15.0. The standard InChI is InChI=1S/C17H21N7O7S/c1-11-6-7-12(22-32(29,30)14-5-3-2-4-13(14)24(27)28)16(26)23(11)10-15(25)20-8-9-31-21-17(18)19/h2-7,22H,8-10H2,1H3,(H,20,25)(H4,18,19,21). The summed E-state index contributed by atoms with van der Waals surface area (Å²) in [6, 6.07) is 7.34. The number of hydrogen-bond donors (Lipinski definition) is 4. The van der Waals surface area contributed by atoms with Gasteiger partial charge in [0.15, 0.2) is 4.90 Å². The van der Waals surface area contributed by atoms with Crippen LogP contribution in [0.1, 0.15) is 5.69 Å². The minimum absolute atomic E-state index is 0.0206. The van der Waals surface area contributed by atoms with Gasteiger partial charge in [-0.1, -0.05) is 12.1 Å². The monoisotopic (exact) mass is 467 g/mol. The number of nitrogens with zero attached hydrogens (tertiary/aromatic N) is 3. The van der Waals surface area contributed by atoms with Gasteiger partial charge in [0.25, 0.3) is 21.3 Å². The van der Waals surface area contributed by atoms with Crippen molar-refractivity contribution < 1.29 is 23.0 Å². The number of nitro benzene ring substituents is 1. The van der Waals surface area contributed by atoms with Crippen LogP contribution in [0.4, 0.5) is 11.4 Å². The zero-order valence-electron chi connectivity index (χ0n) is 16.8. The molecule has 0 atom stereocenters. The fourth-order valence-electron chi connectivity index (χ4n) is 2.54. The van der Waals surface area contributed by atoms with Gasteiger partial charge in [0.2, 0.25) is 11.9 Å². The Hall–Kier alpha value is -4.14. The first-order valence-electron chi connectivity index (χ1n) is 8.97. The molecule has 0 radical (unpaired) electrons. The number of carbonyl (C=O) groups excluding carboxylic acids is 1. The SMILES string of the molecule is Cc1ccc(NS(=O)(=O)c2ccccc2[N+](=O)[O-])c(=O)n1CC(=O)NCCON=C(N)N. The Morgan fingerprint density at radius 2 is 1.94 bits per heavy atom. The second-order valence-corrected chi connectivity index (χ2v) is 7.96. The van der Waals surface area contributed by atoms with E-state index in [1.54, 1.807) is 6.92 Å². The number of hydrogen-bond acceptors (Lipinski definition) is 8. The molecule has 0 aliphatic rings. The molecule has 0 saturated heterocycles. The second kappa shape index (κ2) is 10.3. The molecule has 0 bridgehead atoms. The molecule has 1 aromatic carbocycles. The summed E-state index contributed by atoms with van der Waals surface area (Å²) in [7, 11) is -4.45. The number of pyridine rings is 1. The molecule has 0 unspecified atom stereocenters. The number of guanidine groups is 1. The lowest BCUT2D eigenvalue weighted by Crippen LogP contribution is -2.36. The number of amides is 1. The lowest BCUT2D eigenvalue weighted by Gasteiger charge is -2.13. The van der Waals surface area contributed by atoms with Crippen LogP contribution < -0.4 is 27.1 Å². The number of sulfonamides is 1. The van der Waals surface area contributed by atoms with E-state index in [9.17, 15) is 28.1 Å². The van der Waals surface area contributed by atoms with Crippen molar-refractivity contribution in [3.8, 4) is 0 Å². The molecule has 2 aromatic rings. The summed E-state index contributed by atoms with van der Waals surface area (Å²) in [5.41, 5.74) is 8.72. The maximum absolute atomic E-state index is 12.8. The largest absolute Gasteiger partial charge is 0.391 e. The maximum atomic E-state index is 12.8. The highest BCUT2D eigenvalue weighted by Gasteiger charge is 2.26. The van der Waals surface area contributed by atoms with E-state index in [-0.39, 0.29) is 24.8 Å². The lowest BCUT2D eigenvalue weighted by atomic mass is 10.3. The number of oxime groups is 1. The summed E-state index contributed by atoms with van der Waals surface area (Å²) < 4.78 is 28.4. The molecule has 1 aromatic heterocycles. The number of anilines is 1. The van der Waals surface area contributed by atoms with E-state index in [0.717, 1.165) is 16.7 Å². The zero-order valence-corrected chi connectivity index (χ0v) is 17.7. The minimum Gasteiger partial charge on any atom is -0.391 e.